The van der Waals surface area contributed by atoms with E-state index in [1.807, 2.05) is 30.3 Å². The van der Waals surface area contributed by atoms with E-state index in [2.05, 4.69) is 31.2 Å². The zero-order chi connectivity index (χ0) is 31.9. The SMILES string of the molecule is CCCCCCCCCCCCCCCCCCCCCCCCCCC(=O)OCCc1ccc(OCc2ccccc2)cc1. The van der Waals surface area contributed by atoms with Crippen molar-refractivity contribution in [2.45, 2.75) is 180 Å². The van der Waals surface area contributed by atoms with Gasteiger partial charge in [-0.05, 0) is 29.7 Å². The van der Waals surface area contributed by atoms with Gasteiger partial charge in [-0.2, -0.15) is 0 Å². The van der Waals surface area contributed by atoms with Crippen molar-refractivity contribution in [2.75, 3.05) is 6.61 Å². The maximum absolute atomic E-state index is 12.1. The molecule has 0 radical (unpaired) electrons. The second kappa shape index (κ2) is 29.1. The molecule has 0 bridgehead atoms. The van der Waals surface area contributed by atoms with Crippen LogP contribution in [0.2, 0.25) is 0 Å². The minimum absolute atomic E-state index is 0.0587. The van der Waals surface area contributed by atoms with Crippen molar-refractivity contribution < 1.29 is 14.3 Å². The Morgan fingerprint density at radius 1 is 0.489 bits per heavy atom. The van der Waals surface area contributed by atoms with Crippen molar-refractivity contribution in [3.63, 3.8) is 0 Å². The summed E-state index contributed by atoms with van der Waals surface area (Å²) < 4.78 is 11.3. The number of rotatable bonds is 31. The van der Waals surface area contributed by atoms with E-state index >= 15 is 0 Å². The van der Waals surface area contributed by atoms with E-state index in [0.29, 0.717) is 19.6 Å². The molecule has 0 aromatic heterocycles. The summed E-state index contributed by atoms with van der Waals surface area (Å²) in [4.78, 5) is 12.1. The number of esters is 1. The van der Waals surface area contributed by atoms with Crippen LogP contribution in [0.1, 0.15) is 179 Å². The second-order valence-electron chi connectivity index (χ2n) is 13.3. The first-order valence-corrected chi connectivity index (χ1v) is 19.2. The van der Waals surface area contributed by atoms with Crippen LogP contribution in [0.15, 0.2) is 54.6 Å². The van der Waals surface area contributed by atoms with Crippen LogP contribution >= 0.6 is 0 Å². The molecule has 0 amide bonds. The van der Waals surface area contributed by atoms with Crippen molar-refractivity contribution in [1.29, 1.82) is 0 Å². The Kier molecular flexibility index (Phi) is 25.2. The smallest absolute Gasteiger partial charge is 0.305 e. The lowest BCUT2D eigenvalue weighted by molar-refractivity contribution is -0.143. The first-order valence-electron chi connectivity index (χ1n) is 19.2. The van der Waals surface area contributed by atoms with Crippen LogP contribution < -0.4 is 4.74 Å². The summed E-state index contributed by atoms with van der Waals surface area (Å²) in [7, 11) is 0. The van der Waals surface area contributed by atoms with Gasteiger partial charge in [0, 0.05) is 12.8 Å². The molecule has 3 heteroatoms. The third-order valence-electron chi connectivity index (χ3n) is 9.06. The number of unbranched alkanes of at least 4 members (excludes halogenated alkanes) is 23. The topological polar surface area (TPSA) is 35.5 Å². The van der Waals surface area contributed by atoms with E-state index in [9.17, 15) is 4.79 Å². The van der Waals surface area contributed by atoms with Crippen LogP contribution in [0.4, 0.5) is 0 Å². The molecule has 2 rings (SSSR count). The Balaban J connectivity index is 1.26. The molecule has 0 N–H and O–H groups in total. The Morgan fingerprint density at radius 3 is 1.36 bits per heavy atom. The van der Waals surface area contributed by atoms with Crippen molar-refractivity contribution >= 4 is 5.97 Å². The van der Waals surface area contributed by atoms with Gasteiger partial charge in [0.2, 0.25) is 0 Å². The molecule has 0 heterocycles. The number of hydrogen-bond acceptors (Lipinski definition) is 3. The van der Waals surface area contributed by atoms with Gasteiger partial charge in [0.25, 0.3) is 0 Å². The quantitative estimate of drug-likeness (QED) is 0.0621. The lowest BCUT2D eigenvalue weighted by Gasteiger charge is -2.08. The van der Waals surface area contributed by atoms with Gasteiger partial charge >= 0.3 is 5.97 Å². The van der Waals surface area contributed by atoms with E-state index in [0.717, 1.165) is 36.1 Å². The van der Waals surface area contributed by atoms with Crippen LogP contribution in [0.25, 0.3) is 0 Å². The maximum atomic E-state index is 12.1. The molecule has 0 spiro atoms. The molecule has 0 saturated carbocycles. The van der Waals surface area contributed by atoms with E-state index in [1.54, 1.807) is 0 Å². The summed E-state index contributed by atoms with van der Waals surface area (Å²) in [5, 5.41) is 0. The average Bonchev–Trinajstić information content (AvgIpc) is 3.07. The molecule has 0 aliphatic carbocycles. The largest absolute Gasteiger partial charge is 0.489 e. The van der Waals surface area contributed by atoms with E-state index in [1.165, 1.54) is 141 Å². The van der Waals surface area contributed by atoms with Gasteiger partial charge in [0.15, 0.2) is 0 Å². The van der Waals surface area contributed by atoms with Gasteiger partial charge < -0.3 is 9.47 Å². The summed E-state index contributed by atoms with van der Waals surface area (Å²) in [6, 6.07) is 18.3. The Hall–Kier alpha value is -2.29. The molecular weight excluding hydrogens is 552 g/mol. The Bertz CT molecular complexity index is 907. The third kappa shape index (κ3) is 23.7. The molecule has 254 valence electrons. The maximum Gasteiger partial charge on any atom is 0.305 e. The van der Waals surface area contributed by atoms with Crippen LogP contribution in [-0.2, 0) is 22.6 Å². The number of hydrogen-bond donors (Lipinski definition) is 0. The molecule has 3 nitrogen and oxygen atoms in total. The fraction of sp³-hybridized carbons (Fsp3) is 0.690. The van der Waals surface area contributed by atoms with Crippen LogP contribution in [0.5, 0.6) is 5.75 Å². The summed E-state index contributed by atoms with van der Waals surface area (Å²) in [6.07, 6.45) is 34.6. The lowest BCUT2D eigenvalue weighted by Crippen LogP contribution is -2.07. The van der Waals surface area contributed by atoms with Crippen LogP contribution in [0, 0.1) is 0 Å². The number of ether oxygens (including phenoxy) is 2. The van der Waals surface area contributed by atoms with Gasteiger partial charge in [0.1, 0.15) is 12.4 Å². The Labute approximate surface area is 278 Å². The predicted octanol–water partition coefficient (Wildman–Crippen LogP) is 13.1. The molecule has 0 saturated heterocycles. The summed E-state index contributed by atoms with van der Waals surface area (Å²) in [5.41, 5.74) is 2.31. The molecule has 45 heavy (non-hydrogen) atoms. The minimum atomic E-state index is -0.0587. The Morgan fingerprint density at radius 2 is 0.911 bits per heavy atom. The molecule has 2 aromatic carbocycles. The first kappa shape index (κ1) is 38.9. The standard InChI is InChI=1S/C42H68O3/c1-2-3-4-5-6-7-8-9-10-11-12-13-14-15-16-17-18-19-20-21-22-23-24-28-31-42(43)44-37-36-39-32-34-41(35-33-39)45-38-40-29-26-25-27-30-40/h25-27,29-30,32-35H,2-24,28,31,36-38H2,1H3. The van der Waals surface area contributed by atoms with Gasteiger partial charge in [-0.25, -0.2) is 0 Å². The van der Waals surface area contributed by atoms with Gasteiger partial charge in [0.05, 0.1) is 6.61 Å². The van der Waals surface area contributed by atoms with Gasteiger partial charge in [-0.1, -0.05) is 197 Å². The van der Waals surface area contributed by atoms with Gasteiger partial charge in [-0.15, -0.1) is 0 Å². The summed E-state index contributed by atoms with van der Waals surface area (Å²) in [6.45, 7) is 3.31. The summed E-state index contributed by atoms with van der Waals surface area (Å²) in [5.74, 6) is 0.798. The fourth-order valence-corrected chi connectivity index (χ4v) is 6.08. The lowest BCUT2D eigenvalue weighted by atomic mass is 10.0. The normalized spacial score (nSPS) is 11.1. The summed E-state index contributed by atoms with van der Waals surface area (Å²) >= 11 is 0. The highest BCUT2D eigenvalue weighted by Crippen LogP contribution is 2.17. The van der Waals surface area contributed by atoms with E-state index in [4.69, 9.17) is 9.47 Å². The van der Waals surface area contributed by atoms with Crippen molar-refractivity contribution in [2.24, 2.45) is 0 Å². The fourth-order valence-electron chi connectivity index (χ4n) is 6.08. The van der Waals surface area contributed by atoms with Crippen molar-refractivity contribution in [3.05, 3.63) is 65.7 Å². The highest BCUT2D eigenvalue weighted by atomic mass is 16.5. The predicted molar refractivity (Wildman–Crippen MR) is 193 cm³/mol. The number of benzene rings is 2. The van der Waals surface area contributed by atoms with Crippen LogP contribution in [-0.4, -0.2) is 12.6 Å². The van der Waals surface area contributed by atoms with Crippen LogP contribution in [0.3, 0.4) is 0 Å². The highest BCUT2D eigenvalue weighted by Gasteiger charge is 2.04. The molecule has 0 aliphatic heterocycles. The molecular formula is C42H68O3. The van der Waals surface area contributed by atoms with Gasteiger partial charge in [-0.3, -0.25) is 4.79 Å². The second-order valence-corrected chi connectivity index (χ2v) is 13.3. The molecule has 0 fully saturated rings. The van der Waals surface area contributed by atoms with E-state index < -0.39 is 0 Å². The molecule has 0 atom stereocenters. The number of carbonyl (C=O) groups excluding carboxylic acids is 1. The minimum Gasteiger partial charge on any atom is -0.489 e. The van der Waals surface area contributed by atoms with Crippen molar-refractivity contribution in [1.82, 2.24) is 0 Å². The average molecular weight is 621 g/mol. The zero-order valence-corrected chi connectivity index (χ0v) is 29.2. The van der Waals surface area contributed by atoms with E-state index in [-0.39, 0.29) is 5.97 Å². The molecule has 0 unspecified atom stereocenters. The molecule has 2 aromatic rings. The highest BCUT2D eigenvalue weighted by molar-refractivity contribution is 5.69. The monoisotopic (exact) mass is 621 g/mol. The third-order valence-corrected chi connectivity index (χ3v) is 9.06. The first-order chi connectivity index (χ1) is 22.3. The zero-order valence-electron chi connectivity index (χ0n) is 29.2. The van der Waals surface area contributed by atoms with Crippen molar-refractivity contribution in [3.8, 4) is 5.75 Å². The number of carbonyl (C=O) groups is 1. The molecule has 0 aliphatic rings.